The lowest BCUT2D eigenvalue weighted by molar-refractivity contribution is -0.248. The maximum Gasteiger partial charge on any atom is 0.355 e. The summed E-state index contributed by atoms with van der Waals surface area (Å²) in [5.74, 6) is 0.856. The van der Waals surface area contributed by atoms with Crippen molar-refractivity contribution in [1.29, 1.82) is 0 Å². The number of benzene rings is 1. The second-order valence-electron chi connectivity index (χ2n) is 18.1. The van der Waals surface area contributed by atoms with Crippen LogP contribution in [0, 0.1) is 30.1 Å². The molecule has 0 radical (unpaired) electrons. The number of aromatic carboxylic acids is 1. The lowest BCUT2D eigenvalue weighted by atomic mass is 9.39. The zero-order valence-electron chi connectivity index (χ0n) is 33.5. The van der Waals surface area contributed by atoms with Crippen molar-refractivity contribution in [3.05, 3.63) is 65.1 Å². The summed E-state index contributed by atoms with van der Waals surface area (Å²) in [6.07, 6.45) is 10.4. The van der Waals surface area contributed by atoms with Gasteiger partial charge in [0.15, 0.2) is 22.5 Å². The molecule has 4 aliphatic carbocycles. The number of thiazole rings is 1. The average Bonchev–Trinajstić information content (AvgIpc) is 3.72. The molecule has 4 aromatic heterocycles. The summed E-state index contributed by atoms with van der Waals surface area (Å²) >= 11 is 1.58. The highest BCUT2D eigenvalue weighted by Gasteiger charge is 2.66. The molecule has 5 aliphatic rings. The van der Waals surface area contributed by atoms with E-state index < -0.39 is 5.97 Å². The summed E-state index contributed by atoms with van der Waals surface area (Å²) < 4.78 is 10.2. The average molecular weight is 776 g/mol. The highest BCUT2D eigenvalue weighted by molar-refractivity contribution is 7.22. The van der Waals surface area contributed by atoms with Crippen LogP contribution in [0.15, 0.2) is 42.6 Å². The number of likely N-dealkylation sites (N-methyl/N-ethyl adjacent to an activating group) is 1. The van der Waals surface area contributed by atoms with Crippen molar-refractivity contribution in [1.82, 2.24) is 34.8 Å². The number of aromatic nitrogens is 6. The first-order valence-electron chi connectivity index (χ1n) is 20.1. The van der Waals surface area contributed by atoms with Gasteiger partial charge in [0.2, 0.25) is 0 Å². The molecule has 294 valence electrons. The van der Waals surface area contributed by atoms with Crippen LogP contribution in [-0.4, -0.2) is 84.8 Å². The second-order valence-corrected chi connectivity index (χ2v) is 19.2. The summed E-state index contributed by atoms with van der Waals surface area (Å²) in [7, 11) is 2.16. The Balaban J connectivity index is 0.978. The molecule has 12 nitrogen and oxygen atoms in total. The van der Waals surface area contributed by atoms with Crippen LogP contribution >= 0.6 is 11.3 Å². The van der Waals surface area contributed by atoms with Crippen LogP contribution in [0.5, 0.6) is 0 Å². The van der Waals surface area contributed by atoms with E-state index >= 15 is 0 Å². The number of pyridine rings is 1. The topological polar surface area (TPSA) is 134 Å². The van der Waals surface area contributed by atoms with Gasteiger partial charge in [-0.15, -0.1) is 10.2 Å². The van der Waals surface area contributed by atoms with Gasteiger partial charge in [-0.05, 0) is 119 Å². The first-order chi connectivity index (χ1) is 26.8. The minimum atomic E-state index is -1.07. The van der Waals surface area contributed by atoms with Gasteiger partial charge in [-0.3, -0.25) is 4.68 Å². The molecule has 4 saturated carbocycles. The smallest absolute Gasteiger partial charge is 0.355 e. The van der Waals surface area contributed by atoms with Gasteiger partial charge in [0.05, 0.1) is 28.6 Å². The predicted molar refractivity (Wildman–Crippen MR) is 220 cm³/mol. The van der Waals surface area contributed by atoms with E-state index in [9.17, 15) is 9.90 Å². The highest BCUT2D eigenvalue weighted by atomic mass is 32.1. The predicted octanol–water partition coefficient (Wildman–Crippen LogP) is 8.58. The number of hydrogen-bond donors (Lipinski definition) is 2. The first kappa shape index (κ1) is 37.1. The van der Waals surface area contributed by atoms with E-state index in [-0.39, 0.29) is 27.5 Å². The van der Waals surface area contributed by atoms with Crippen LogP contribution in [0.2, 0.25) is 0 Å². The molecule has 5 aromatic rings. The number of carboxylic acids is 1. The second kappa shape index (κ2) is 13.6. The van der Waals surface area contributed by atoms with Crippen LogP contribution in [0.4, 0.5) is 22.6 Å². The van der Waals surface area contributed by atoms with E-state index in [0.717, 1.165) is 96.1 Å². The maximum atomic E-state index is 12.9. The zero-order chi connectivity index (χ0) is 39.0. The van der Waals surface area contributed by atoms with Gasteiger partial charge in [-0.25, -0.2) is 14.8 Å². The summed E-state index contributed by atoms with van der Waals surface area (Å²) in [6, 6.07) is 11.9. The van der Waals surface area contributed by atoms with Gasteiger partial charge in [-0.2, -0.15) is 5.10 Å². The van der Waals surface area contributed by atoms with Gasteiger partial charge < -0.3 is 25.0 Å². The van der Waals surface area contributed by atoms with Crippen molar-refractivity contribution in [2.24, 2.45) is 16.2 Å². The fraction of sp³-hybridized carbons (Fsp3) is 0.535. The summed E-state index contributed by atoms with van der Waals surface area (Å²) in [6.45, 7) is 15.5. The Morgan fingerprint density at radius 1 is 1.00 bits per heavy atom. The molecular weight excluding hydrogens is 723 g/mol. The van der Waals surface area contributed by atoms with E-state index in [4.69, 9.17) is 19.8 Å². The number of carbonyl (C=O) groups is 1. The van der Waals surface area contributed by atoms with Crippen molar-refractivity contribution >= 4 is 50.1 Å². The largest absolute Gasteiger partial charge is 0.476 e. The maximum absolute atomic E-state index is 12.9. The lowest BCUT2D eigenvalue weighted by Crippen LogP contribution is -2.64. The van der Waals surface area contributed by atoms with Crippen molar-refractivity contribution in [3.8, 4) is 11.1 Å². The third-order valence-electron chi connectivity index (χ3n) is 13.2. The number of nitrogens with zero attached hydrogens (tertiary/aromatic N) is 8. The SMILES string of the molecule is CCN(C)CCOC12CC3(Cn4ncc(-c5ccc(N6CCCc7c6nnc(Nc6nc8ccccc8s6)c7C)nc5C(=O)O)c4C)C[C@@](C)(C1)C[C@](C)(C3)C2. The van der Waals surface area contributed by atoms with Crippen molar-refractivity contribution in [2.75, 3.05) is 43.5 Å². The number of fused-ring (bicyclic) bond motifs is 2. The van der Waals surface area contributed by atoms with Crippen LogP contribution < -0.4 is 10.2 Å². The van der Waals surface area contributed by atoms with E-state index in [1.807, 2.05) is 41.4 Å². The Labute approximate surface area is 332 Å². The van der Waals surface area contributed by atoms with Gasteiger partial charge in [0.25, 0.3) is 0 Å². The van der Waals surface area contributed by atoms with E-state index in [2.05, 4.69) is 72.8 Å². The Morgan fingerprint density at radius 3 is 2.54 bits per heavy atom. The van der Waals surface area contributed by atoms with Crippen molar-refractivity contribution < 1.29 is 14.6 Å². The molecule has 4 atom stereocenters. The molecule has 1 aliphatic heterocycles. The quantitative estimate of drug-likeness (QED) is 0.126. The summed E-state index contributed by atoms with van der Waals surface area (Å²) in [5.41, 5.74) is 5.82. The third-order valence-corrected chi connectivity index (χ3v) is 14.2. The third kappa shape index (κ3) is 6.55. The van der Waals surface area contributed by atoms with E-state index in [0.29, 0.717) is 29.6 Å². The van der Waals surface area contributed by atoms with Gasteiger partial charge in [0, 0.05) is 47.6 Å². The molecule has 1 aromatic carbocycles. The van der Waals surface area contributed by atoms with Crippen molar-refractivity contribution in [3.63, 3.8) is 0 Å². The number of anilines is 4. The van der Waals surface area contributed by atoms with Crippen LogP contribution in [0.1, 0.15) is 93.0 Å². The number of ether oxygens (including phenoxy) is 1. The van der Waals surface area contributed by atoms with Crippen LogP contribution in [0.3, 0.4) is 0 Å². The minimum absolute atomic E-state index is 0.00954. The Morgan fingerprint density at radius 2 is 1.79 bits per heavy atom. The molecule has 0 spiro atoms. The first-order valence-corrected chi connectivity index (χ1v) is 21.0. The summed E-state index contributed by atoms with van der Waals surface area (Å²) in [4.78, 5) is 26.7. The monoisotopic (exact) mass is 775 g/mol. The molecule has 56 heavy (non-hydrogen) atoms. The van der Waals surface area contributed by atoms with Gasteiger partial charge in [-0.1, -0.05) is 44.2 Å². The fourth-order valence-corrected chi connectivity index (χ4v) is 12.7. The van der Waals surface area contributed by atoms with Gasteiger partial charge in [0.1, 0.15) is 5.82 Å². The minimum Gasteiger partial charge on any atom is -0.476 e. The fourth-order valence-electron chi connectivity index (χ4n) is 11.8. The number of nitrogens with one attached hydrogen (secondary N) is 1. The molecular formula is C43H53N9O3S. The molecule has 5 heterocycles. The molecule has 2 unspecified atom stereocenters. The molecule has 10 rings (SSSR count). The molecule has 2 N–H and O–H groups in total. The normalized spacial score (nSPS) is 26.7. The molecule has 4 fully saturated rings. The Hall–Kier alpha value is -4.46. The number of para-hydroxylation sites is 1. The van der Waals surface area contributed by atoms with E-state index in [1.165, 1.54) is 19.3 Å². The molecule has 0 saturated heterocycles. The Kier molecular flexibility index (Phi) is 9.01. The van der Waals surface area contributed by atoms with Crippen molar-refractivity contribution in [2.45, 2.75) is 98.1 Å². The number of rotatable bonds is 12. The molecule has 0 amide bonds. The van der Waals surface area contributed by atoms with Gasteiger partial charge >= 0.3 is 5.97 Å². The lowest BCUT2D eigenvalue weighted by Gasteiger charge is -2.69. The Bertz CT molecular complexity index is 2290. The molecule has 13 heteroatoms. The highest BCUT2D eigenvalue weighted by Crippen LogP contribution is 2.72. The number of hydrogen-bond acceptors (Lipinski definition) is 11. The molecule has 4 bridgehead atoms. The number of carboxylic acid groups (broad SMARTS) is 1. The standard InChI is InChI=1S/C43H53N9O3S/c1-7-50(6)17-18-55-43-23-40(4)20-41(5,24-43)22-42(21-40,25-43)26-52-28(3)31(19-44-52)30-14-15-34(46-35(30)38(53)54)51-16-10-11-29-27(2)36(48-49-37(29)51)47-39-45-32-12-8-9-13-33(32)56-39/h8-9,12-15,19H,7,10-11,16-18,20-26H2,1-6H3,(H,53,54)(H,45,47,48)/t40-,41+,42?,43?. The van der Waals surface area contributed by atoms with Crippen LogP contribution in [-0.2, 0) is 17.7 Å². The summed E-state index contributed by atoms with van der Waals surface area (Å²) in [5, 5.41) is 28.9. The van der Waals surface area contributed by atoms with Crippen LogP contribution in [0.25, 0.3) is 21.3 Å². The zero-order valence-corrected chi connectivity index (χ0v) is 34.3. The van der Waals surface area contributed by atoms with E-state index in [1.54, 1.807) is 11.3 Å².